The molecule has 0 atom stereocenters. The Bertz CT molecular complexity index is 1690. The summed E-state index contributed by atoms with van der Waals surface area (Å²) in [6, 6.07) is 30.0. The zero-order valence-electron chi connectivity index (χ0n) is 29.2. The van der Waals surface area contributed by atoms with Crippen molar-refractivity contribution in [2.75, 3.05) is 0 Å². The number of fused-ring (bicyclic) bond motifs is 3. The Morgan fingerprint density at radius 3 is 1.30 bits per heavy atom. The number of benzene rings is 4. The smallest absolute Gasteiger partial charge is 0.109 e. The number of rotatable bonds is 2. The summed E-state index contributed by atoms with van der Waals surface area (Å²) < 4.78 is 0. The molecule has 6 rings (SSSR count). The molecule has 0 amide bonds. The first kappa shape index (κ1) is 40.1. The van der Waals surface area contributed by atoms with Gasteiger partial charge in [0.15, 0.2) is 0 Å². The molecule has 0 heterocycles. The minimum Gasteiger partial charge on any atom is -1.00 e. The molecule has 5 aromatic rings. The molecule has 0 unspecified atom stereocenters. The van der Waals surface area contributed by atoms with E-state index in [-0.39, 0.29) is 35.6 Å². The first-order valence-corrected chi connectivity index (χ1v) is 20.9. The summed E-state index contributed by atoms with van der Waals surface area (Å²) >= 11 is 1.65. The first-order valence-electron chi connectivity index (χ1n) is 15.7. The molecule has 0 bridgehead atoms. The molecule has 4 heteroatoms. The molecule has 0 nitrogen and oxygen atoms in total. The molecule has 0 saturated heterocycles. The predicted octanol–water partition coefficient (Wildman–Crippen LogP) is 4.19. The van der Waals surface area contributed by atoms with Gasteiger partial charge < -0.3 is 24.8 Å². The van der Waals surface area contributed by atoms with Crippen LogP contribution >= 0.6 is 0 Å². The number of halogens is 2. The van der Waals surface area contributed by atoms with E-state index in [0.717, 1.165) is 6.42 Å². The van der Waals surface area contributed by atoms with Crippen LogP contribution < -0.4 is 35.2 Å². The minimum absolute atomic E-state index is 0. The third-order valence-electron chi connectivity index (χ3n) is 8.28. The van der Waals surface area contributed by atoms with Gasteiger partial charge in [0.1, 0.15) is 0 Å². The molecule has 46 heavy (non-hydrogen) atoms. The van der Waals surface area contributed by atoms with Crippen LogP contribution in [0, 0.1) is 33.8 Å². The van der Waals surface area contributed by atoms with E-state index in [1.54, 1.807) is 23.3 Å². The van der Waals surface area contributed by atoms with E-state index in [9.17, 15) is 0 Å². The fourth-order valence-electron chi connectivity index (χ4n) is 5.90. The fourth-order valence-corrected chi connectivity index (χ4v) is 9.69. The van der Waals surface area contributed by atoms with Crippen LogP contribution in [0.1, 0.15) is 81.3 Å². The fraction of sp³-hybridized carbons (Fsp3) is 0.310. The van der Waals surface area contributed by atoms with Crippen molar-refractivity contribution in [2.45, 2.75) is 86.5 Å². The van der Waals surface area contributed by atoms with Gasteiger partial charge in [-0.05, 0) is 24.7 Å². The Morgan fingerprint density at radius 2 is 1.02 bits per heavy atom. The quantitative estimate of drug-likeness (QED) is 0.188. The van der Waals surface area contributed by atoms with Gasteiger partial charge in [-0.2, -0.15) is 6.08 Å². The first-order chi connectivity index (χ1) is 20.6. The molecule has 240 valence electrons. The van der Waals surface area contributed by atoms with Crippen molar-refractivity contribution >= 4 is 37.4 Å². The largest absolute Gasteiger partial charge is 1.00 e. The molecule has 0 radical (unpaired) electrons. The molecule has 0 fully saturated rings. The third kappa shape index (κ3) is 10.2. The zero-order chi connectivity index (χ0) is 32.2. The molecule has 0 aliphatic heterocycles. The van der Waals surface area contributed by atoms with E-state index in [1.807, 2.05) is 12.2 Å². The standard InChI is InChI=1S/C23H29.C14H14Si.C5H5.2ClH.Zr/c1-14-9-16-11-17-10-15(2)21(23(6,7)8)13-19(17)18(16)12-20(14)22(3,4)5;1-11-3-7-13(8-4-11)15-14-9-5-12(2)6-10-14;1-2-4-5-3-1;;;/h9-13H,1-8H3;3-10H,1-2H3;1-3H,4H2;2*1H;/q-1;;-1;;;+2/p-2. The second kappa shape index (κ2) is 16.8. The maximum absolute atomic E-state index is 2.99. The molecule has 5 aromatic carbocycles. The number of allylic oxidation sites excluding steroid dienone is 4. The van der Waals surface area contributed by atoms with Gasteiger partial charge in [0, 0.05) is 0 Å². The Balaban J connectivity index is 0.000000278. The SMILES string of the molecule is Cc1cc2[cH-]c3cc(C)c(C(C)(C)C)cc3c2cc1C(C)(C)C.Cc1ccc([Si](=[Zr+2])c2ccc(C)cc2)cc1.[C-]1=CC=CC1.[Cl-].[Cl-]. The van der Waals surface area contributed by atoms with E-state index >= 15 is 0 Å². The van der Waals surface area contributed by atoms with E-state index in [4.69, 9.17) is 0 Å². The van der Waals surface area contributed by atoms with Crippen molar-refractivity contribution in [1.29, 1.82) is 0 Å². The van der Waals surface area contributed by atoms with Gasteiger partial charge in [-0.3, -0.25) is 6.08 Å². The summed E-state index contributed by atoms with van der Waals surface area (Å²) in [4.78, 5) is 0. The number of hydrogen-bond donors (Lipinski definition) is 0. The maximum atomic E-state index is 2.99. The summed E-state index contributed by atoms with van der Waals surface area (Å²) in [6.45, 7) is 22.6. The Kier molecular flexibility index (Phi) is 14.7. The summed E-state index contributed by atoms with van der Waals surface area (Å²) in [5.74, 6) is 0. The average molecular weight is 743 g/mol. The molecule has 0 N–H and O–H groups in total. The molecule has 1 aliphatic carbocycles. The van der Waals surface area contributed by atoms with Gasteiger partial charge in [-0.25, -0.2) is 12.2 Å². The summed E-state index contributed by atoms with van der Waals surface area (Å²) in [6.07, 6.45) is 10.0. The molecule has 0 saturated carbocycles. The van der Waals surface area contributed by atoms with Crippen LogP contribution in [0.15, 0.2) is 97.1 Å². The topological polar surface area (TPSA) is 0 Å². The maximum Gasteiger partial charge on any atom is -0.109 e. The Morgan fingerprint density at radius 1 is 0.630 bits per heavy atom. The van der Waals surface area contributed by atoms with Crippen LogP contribution in [0.5, 0.6) is 0 Å². The van der Waals surface area contributed by atoms with E-state index in [2.05, 4.69) is 160 Å². The van der Waals surface area contributed by atoms with Gasteiger partial charge in [-0.1, -0.05) is 75.9 Å². The minimum atomic E-state index is -0.488. The monoisotopic (exact) mass is 740 g/mol. The Hall–Kier alpha value is -2.09. The van der Waals surface area contributed by atoms with Crippen LogP contribution in [-0.2, 0) is 34.2 Å². The van der Waals surface area contributed by atoms with Crippen LogP contribution in [0.4, 0.5) is 0 Å². The van der Waals surface area contributed by atoms with Crippen LogP contribution in [-0.4, -0.2) is 5.43 Å². The predicted molar refractivity (Wildman–Crippen MR) is 193 cm³/mol. The van der Waals surface area contributed by atoms with Crippen molar-refractivity contribution in [3.63, 3.8) is 0 Å². The number of aryl methyl sites for hydroxylation is 4. The van der Waals surface area contributed by atoms with E-state index in [1.165, 1.54) is 65.3 Å². The van der Waals surface area contributed by atoms with Crippen molar-refractivity contribution in [1.82, 2.24) is 0 Å². The van der Waals surface area contributed by atoms with Crippen LogP contribution in [0.3, 0.4) is 0 Å². The summed E-state index contributed by atoms with van der Waals surface area (Å²) in [7, 11) is 0. The molecule has 0 aromatic heterocycles. The van der Waals surface area contributed by atoms with Gasteiger partial charge >= 0.3 is 113 Å². The van der Waals surface area contributed by atoms with Gasteiger partial charge in [0.05, 0.1) is 0 Å². The van der Waals surface area contributed by atoms with E-state index in [0.29, 0.717) is 0 Å². The molecule has 0 spiro atoms. The number of hydrogen-bond acceptors (Lipinski definition) is 0. The van der Waals surface area contributed by atoms with Gasteiger partial charge in [-0.15, -0.1) is 46.2 Å². The van der Waals surface area contributed by atoms with Crippen LogP contribution in [0.2, 0.25) is 0 Å². The summed E-state index contributed by atoms with van der Waals surface area (Å²) in [5.41, 5.74) is 8.26. The van der Waals surface area contributed by atoms with Gasteiger partial charge in [0.2, 0.25) is 0 Å². The van der Waals surface area contributed by atoms with Gasteiger partial charge in [0.25, 0.3) is 0 Å². The normalized spacial score (nSPS) is 12.1. The van der Waals surface area contributed by atoms with Crippen LogP contribution in [0.25, 0.3) is 21.5 Å². The second-order valence-corrected chi connectivity index (χ2v) is 19.9. The summed E-state index contributed by atoms with van der Waals surface area (Å²) in [5, 5.41) is 8.60. The molecule has 1 aliphatic rings. The van der Waals surface area contributed by atoms with E-state index < -0.39 is 5.43 Å². The zero-order valence-corrected chi connectivity index (χ0v) is 34.2. The second-order valence-electron chi connectivity index (χ2n) is 14.3. The third-order valence-corrected chi connectivity index (χ3v) is 14.4. The Labute approximate surface area is 306 Å². The van der Waals surface area contributed by atoms with Crippen molar-refractivity contribution in [3.8, 4) is 0 Å². The van der Waals surface area contributed by atoms with Crippen molar-refractivity contribution in [3.05, 3.63) is 137 Å². The van der Waals surface area contributed by atoms with Crippen molar-refractivity contribution < 1.29 is 48.1 Å². The molecular weight excluding hydrogens is 695 g/mol. The molecular formula is C42H48Cl2SiZr-2. The average Bonchev–Trinajstić information content (AvgIpc) is 3.63. The van der Waals surface area contributed by atoms with Crippen molar-refractivity contribution in [2.24, 2.45) is 0 Å².